The zero-order valence-corrected chi connectivity index (χ0v) is 13.5. The Balaban J connectivity index is 0.00000180. The molecule has 0 aromatic heterocycles. The van der Waals surface area contributed by atoms with E-state index in [1.807, 2.05) is 0 Å². The van der Waals surface area contributed by atoms with Crippen molar-refractivity contribution in [1.29, 1.82) is 0 Å². The van der Waals surface area contributed by atoms with Crippen LogP contribution in [0.2, 0.25) is 0 Å². The van der Waals surface area contributed by atoms with Crippen LogP contribution < -0.4 is 10.6 Å². The topological polar surface area (TPSA) is 36.4 Å². The third kappa shape index (κ3) is 5.34. The predicted octanol–water partition coefficient (Wildman–Crippen LogP) is 3.05. The molecule has 0 aliphatic heterocycles. The third-order valence-corrected chi connectivity index (χ3v) is 3.29. The second-order valence-corrected chi connectivity index (χ2v) is 4.68. The van der Waals surface area contributed by atoms with E-state index in [0.717, 1.165) is 11.5 Å². The van der Waals surface area contributed by atoms with E-state index in [1.165, 1.54) is 37.8 Å². The molecule has 0 amide bonds. The highest BCUT2D eigenvalue weighted by molar-refractivity contribution is 14.0. The Hall–Kier alpha value is -0.850. The van der Waals surface area contributed by atoms with E-state index >= 15 is 0 Å². The molecule has 0 spiro atoms. The van der Waals surface area contributed by atoms with Gasteiger partial charge in [-0.3, -0.25) is 4.99 Å². The van der Waals surface area contributed by atoms with E-state index in [4.69, 9.17) is 0 Å². The van der Waals surface area contributed by atoms with Crippen molar-refractivity contribution in [2.24, 2.45) is 4.99 Å². The SMILES string of the molecule is CN=C(NCc1ccc(F)cc1)NC1CCCC1.I. The summed E-state index contributed by atoms with van der Waals surface area (Å²) >= 11 is 0. The van der Waals surface area contributed by atoms with Gasteiger partial charge >= 0.3 is 0 Å². The summed E-state index contributed by atoms with van der Waals surface area (Å²) in [4.78, 5) is 4.20. The Bertz CT molecular complexity index is 400. The van der Waals surface area contributed by atoms with Crippen LogP contribution in [-0.4, -0.2) is 19.0 Å². The smallest absolute Gasteiger partial charge is 0.191 e. The lowest BCUT2D eigenvalue weighted by molar-refractivity contribution is 0.612. The number of hydrogen-bond acceptors (Lipinski definition) is 1. The van der Waals surface area contributed by atoms with Crippen molar-refractivity contribution >= 4 is 29.9 Å². The molecule has 0 saturated heterocycles. The van der Waals surface area contributed by atoms with E-state index in [-0.39, 0.29) is 29.8 Å². The van der Waals surface area contributed by atoms with Crippen molar-refractivity contribution < 1.29 is 4.39 Å². The summed E-state index contributed by atoms with van der Waals surface area (Å²) in [7, 11) is 1.77. The fourth-order valence-electron chi connectivity index (χ4n) is 2.25. The van der Waals surface area contributed by atoms with Gasteiger partial charge in [-0.1, -0.05) is 25.0 Å². The van der Waals surface area contributed by atoms with Crippen molar-refractivity contribution in [1.82, 2.24) is 10.6 Å². The Kier molecular flexibility index (Phi) is 7.12. The van der Waals surface area contributed by atoms with Crippen molar-refractivity contribution in [3.05, 3.63) is 35.6 Å². The number of aliphatic imine (C=N–C) groups is 1. The maximum atomic E-state index is 12.8. The standard InChI is InChI=1S/C14H20FN3.HI/c1-16-14(18-13-4-2-3-5-13)17-10-11-6-8-12(15)9-7-11;/h6-9,13H,2-5,10H2,1H3,(H2,16,17,18);1H. The molecular formula is C14H21FIN3. The Morgan fingerprint density at radius 3 is 2.47 bits per heavy atom. The van der Waals surface area contributed by atoms with Crippen LogP contribution in [0.1, 0.15) is 31.2 Å². The molecule has 1 aliphatic rings. The van der Waals surface area contributed by atoms with Gasteiger partial charge in [-0.05, 0) is 30.5 Å². The van der Waals surface area contributed by atoms with Gasteiger partial charge in [0.05, 0.1) is 0 Å². The van der Waals surface area contributed by atoms with Gasteiger partial charge in [0, 0.05) is 19.6 Å². The molecule has 0 unspecified atom stereocenters. The highest BCUT2D eigenvalue weighted by Gasteiger charge is 2.15. The fraction of sp³-hybridized carbons (Fsp3) is 0.500. The molecule has 3 nitrogen and oxygen atoms in total. The van der Waals surface area contributed by atoms with E-state index in [2.05, 4.69) is 15.6 Å². The average molecular weight is 377 g/mol. The summed E-state index contributed by atoms with van der Waals surface area (Å²) in [5.74, 6) is 0.624. The molecule has 1 aromatic rings. The lowest BCUT2D eigenvalue weighted by Crippen LogP contribution is -2.41. The minimum absolute atomic E-state index is 0. The van der Waals surface area contributed by atoms with E-state index in [0.29, 0.717) is 12.6 Å². The van der Waals surface area contributed by atoms with Crippen molar-refractivity contribution in [2.75, 3.05) is 7.05 Å². The molecule has 0 atom stereocenters. The Morgan fingerprint density at radius 1 is 1.26 bits per heavy atom. The molecule has 0 bridgehead atoms. The predicted molar refractivity (Wildman–Crippen MR) is 87.4 cm³/mol. The number of nitrogens with zero attached hydrogens (tertiary/aromatic N) is 1. The lowest BCUT2D eigenvalue weighted by atomic mass is 10.2. The van der Waals surface area contributed by atoms with Crippen molar-refractivity contribution in [3.63, 3.8) is 0 Å². The first-order chi connectivity index (χ1) is 8.78. The summed E-state index contributed by atoms with van der Waals surface area (Å²) in [6, 6.07) is 7.06. The lowest BCUT2D eigenvalue weighted by Gasteiger charge is -2.16. The first kappa shape index (κ1) is 16.2. The summed E-state index contributed by atoms with van der Waals surface area (Å²) in [6.07, 6.45) is 5.04. The zero-order chi connectivity index (χ0) is 12.8. The average Bonchev–Trinajstić information content (AvgIpc) is 2.89. The summed E-state index contributed by atoms with van der Waals surface area (Å²) < 4.78 is 12.8. The summed E-state index contributed by atoms with van der Waals surface area (Å²) in [5.41, 5.74) is 1.05. The Labute approximate surface area is 131 Å². The quantitative estimate of drug-likeness (QED) is 0.483. The van der Waals surface area contributed by atoms with Crippen molar-refractivity contribution in [2.45, 2.75) is 38.3 Å². The van der Waals surface area contributed by atoms with Crippen LogP contribution in [0.3, 0.4) is 0 Å². The summed E-state index contributed by atoms with van der Waals surface area (Å²) in [6.45, 7) is 0.659. The van der Waals surface area contributed by atoms with E-state index < -0.39 is 0 Å². The molecule has 106 valence electrons. The number of rotatable bonds is 3. The zero-order valence-electron chi connectivity index (χ0n) is 11.2. The van der Waals surface area contributed by atoms with Gasteiger partial charge < -0.3 is 10.6 Å². The van der Waals surface area contributed by atoms with Gasteiger partial charge in [-0.25, -0.2) is 4.39 Å². The maximum Gasteiger partial charge on any atom is 0.191 e. The molecule has 1 fully saturated rings. The third-order valence-electron chi connectivity index (χ3n) is 3.29. The van der Waals surface area contributed by atoms with E-state index in [1.54, 1.807) is 19.2 Å². The monoisotopic (exact) mass is 377 g/mol. The normalized spacial score (nSPS) is 16.0. The molecule has 1 aromatic carbocycles. The fourth-order valence-corrected chi connectivity index (χ4v) is 2.25. The van der Waals surface area contributed by atoms with Gasteiger partial charge in [0.1, 0.15) is 5.82 Å². The largest absolute Gasteiger partial charge is 0.354 e. The molecule has 2 rings (SSSR count). The number of hydrogen-bond donors (Lipinski definition) is 2. The number of halogens is 2. The van der Waals surface area contributed by atoms with Crippen LogP contribution in [0.25, 0.3) is 0 Å². The van der Waals surface area contributed by atoms with E-state index in [9.17, 15) is 4.39 Å². The first-order valence-corrected chi connectivity index (χ1v) is 6.49. The Morgan fingerprint density at radius 2 is 1.89 bits per heavy atom. The first-order valence-electron chi connectivity index (χ1n) is 6.49. The van der Waals surface area contributed by atoms with Gasteiger partial charge in [-0.15, -0.1) is 24.0 Å². The minimum Gasteiger partial charge on any atom is -0.354 e. The van der Waals surface area contributed by atoms with Crippen LogP contribution >= 0.6 is 24.0 Å². The summed E-state index contributed by atoms with van der Waals surface area (Å²) in [5, 5.41) is 6.66. The van der Waals surface area contributed by atoms with Gasteiger partial charge in [0.2, 0.25) is 0 Å². The van der Waals surface area contributed by atoms with Gasteiger partial charge in [0.15, 0.2) is 5.96 Å². The molecule has 1 saturated carbocycles. The molecule has 19 heavy (non-hydrogen) atoms. The molecule has 1 aliphatic carbocycles. The van der Waals surface area contributed by atoms with Crippen LogP contribution in [0.5, 0.6) is 0 Å². The number of benzene rings is 1. The van der Waals surface area contributed by atoms with Crippen molar-refractivity contribution in [3.8, 4) is 0 Å². The van der Waals surface area contributed by atoms with Gasteiger partial charge in [0.25, 0.3) is 0 Å². The highest BCUT2D eigenvalue weighted by atomic mass is 127. The number of guanidine groups is 1. The molecular weight excluding hydrogens is 356 g/mol. The van der Waals surface area contributed by atoms with Crippen LogP contribution in [0, 0.1) is 5.82 Å². The maximum absolute atomic E-state index is 12.8. The minimum atomic E-state index is -0.202. The molecule has 2 N–H and O–H groups in total. The number of nitrogens with one attached hydrogen (secondary N) is 2. The molecule has 0 heterocycles. The molecule has 5 heteroatoms. The van der Waals surface area contributed by atoms with Gasteiger partial charge in [-0.2, -0.15) is 0 Å². The highest BCUT2D eigenvalue weighted by Crippen LogP contribution is 2.17. The van der Waals surface area contributed by atoms with Crippen LogP contribution in [0.4, 0.5) is 4.39 Å². The second-order valence-electron chi connectivity index (χ2n) is 4.68. The second kappa shape index (κ2) is 8.35. The van der Waals surface area contributed by atoms with Crippen LogP contribution in [-0.2, 0) is 6.54 Å². The van der Waals surface area contributed by atoms with Crippen LogP contribution in [0.15, 0.2) is 29.3 Å². The molecule has 0 radical (unpaired) electrons.